The molecule has 2 heterocycles. The van der Waals surface area contributed by atoms with Gasteiger partial charge in [-0.05, 0) is 71.6 Å². The number of hydrogen-bond donors (Lipinski definition) is 2. The maximum Gasteiger partial charge on any atom is 0.237 e. The topological polar surface area (TPSA) is 75.6 Å². The van der Waals surface area contributed by atoms with E-state index >= 15 is 0 Å². The van der Waals surface area contributed by atoms with E-state index in [-0.39, 0.29) is 0 Å². The van der Waals surface area contributed by atoms with Gasteiger partial charge in [-0.25, -0.2) is 0 Å². The molecular weight excluding hydrogens is 264 g/mol. The number of likely N-dealkylation sites (tertiary alicyclic amines) is 2. The Bertz CT molecular complexity index is 339. The molecule has 2 saturated heterocycles. The molecule has 122 valence electrons. The molecule has 2 aliphatic rings. The molecule has 0 aliphatic carbocycles. The zero-order valence-corrected chi connectivity index (χ0v) is 13.5. The van der Waals surface area contributed by atoms with Crippen LogP contribution in [-0.2, 0) is 4.79 Å². The summed E-state index contributed by atoms with van der Waals surface area (Å²) in [4.78, 5) is 16.4. The highest BCUT2D eigenvalue weighted by Gasteiger charge is 2.28. The standard InChI is InChI=1S/C16H32N4O/c1-16(18,15(17)21)8-3-6-9-19-12-7-14(13-19)20-10-4-2-5-11-20/h14H,2-13,18H2,1H3,(H2,17,21). The fourth-order valence-electron chi connectivity index (χ4n) is 3.55. The molecular formula is C16H32N4O. The van der Waals surface area contributed by atoms with E-state index in [9.17, 15) is 4.79 Å². The van der Waals surface area contributed by atoms with Crippen LogP contribution in [0.1, 0.15) is 51.9 Å². The van der Waals surface area contributed by atoms with Crippen LogP contribution in [0.4, 0.5) is 0 Å². The van der Waals surface area contributed by atoms with Crippen molar-refractivity contribution in [3.8, 4) is 0 Å². The van der Waals surface area contributed by atoms with Gasteiger partial charge in [-0.3, -0.25) is 9.69 Å². The second kappa shape index (κ2) is 7.56. The molecule has 0 spiro atoms. The van der Waals surface area contributed by atoms with E-state index in [0.29, 0.717) is 6.42 Å². The second-order valence-electron chi connectivity index (χ2n) is 7.08. The fourth-order valence-corrected chi connectivity index (χ4v) is 3.55. The fraction of sp³-hybridized carbons (Fsp3) is 0.938. The summed E-state index contributed by atoms with van der Waals surface area (Å²) >= 11 is 0. The molecule has 2 fully saturated rings. The summed E-state index contributed by atoms with van der Waals surface area (Å²) in [5.41, 5.74) is 10.3. The quantitative estimate of drug-likeness (QED) is 0.685. The molecule has 1 amide bonds. The van der Waals surface area contributed by atoms with Gasteiger partial charge in [0.1, 0.15) is 0 Å². The second-order valence-corrected chi connectivity index (χ2v) is 7.08. The minimum Gasteiger partial charge on any atom is -0.368 e. The van der Waals surface area contributed by atoms with Gasteiger partial charge >= 0.3 is 0 Å². The van der Waals surface area contributed by atoms with Gasteiger partial charge in [-0.15, -0.1) is 0 Å². The zero-order valence-electron chi connectivity index (χ0n) is 13.5. The van der Waals surface area contributed by atoms with Crippen LogP contribution in [0.25, 0.3) is 0 Å². The maximum atomic E-state index is 11.2. The third-order valence-electron chi connectivity index (χ3n) is 5.14. The normalized spacial score (nSPS) is 27.6. The van der Waals surface area contributed by atoms with Crippen LogP contribution >= 0.6 is 0 Å². The molecule has 5 nitrogen and oxygen atoms in total. The van der Waals surface area contributed by atoms with Gasteiger partial charge in [0.15, 0.2) is 0 Å². The van der Waals surface area contributed by atoms with Gasteiger partial charge in [0.25, 0.3) is 0 Å². The van der Waals surface area contributed by atoms with E-state index < -0.39 is 11.4 Å². The van der Waals surface area contributed by atoms with E-state index in [1.54, 1.807) is 6.92 Å². The van der Waals surface area contributed by atoms with Crippen molar-refractivity contribution < 1.29 is 4.79 Å². The van der Waals surface area contributed by atoms with Crippen LogP contribution in [0, 0.1) is 0 Å². The highest BCUT2D eigenvalue weighted by Crippen LogP contribution is 2.20. The first kappa shape index (κ1) is 16.7. The Morgan fingerprint density at radius 2 is 1.90 bits per heavy atom. The highest BCUT2D eigenvalue weighted by atomic mass is 16.1. The summed E-state index contributed by atoms with van der Waals surface area (Å²) in [5.74, 6) is -0.395. The smallest absolute Gasteiger partial charge is 0.237 e. The predicted molar refractivity (Wildman–Crippen MR) is 85.9 cm³/mol. The first-order valence-electron chi connectivity index (χ1n) is 8.54. The number of hydrogen-bond acceptors (Lipinski definition) is 4. The molecule has 0 aromatic carbocycles. The third-order valence-corrected chi connectivity index (χ3v) is 5.14. The summed E-state index contributed by atoms with van der Waals surface area (Å²) in [6, 6.07) is 0.774. The van der Waals surface area contributed by atoms with Gasteiger partial charge in [-0.2, -0.15) is 0 Å². The van der Waals surface area contributed by atoms with E-state index in [4.69, 9.17) is 11.5 Å². The van der Waals surface area contributed by atoms with Crippen molar-refractivity contribution in [2.75, 3.05) is 32.7 Å². The Kier molecular flexibility index (Phi) is 6.02. The Balaban J connectivity index is 1.61. The summed E-state index contributed by atoms with van der Waals surface area (Å²) < 4.78 is 0. The van der Waals surface area contributed by atoms with Crippen LogP contribution in [0.15, 0.2) is 0 Å². The van der Waals surface area contributed by atoms with Crippen LogP contribution in [0.5, 0.6) is 0 Å². The van der Waals surface area contributed by atoms with E-state index in [2.05, 4.69) is 9.80 Å². The van der Waals surface area contributed by atoms with Gasteiger partial charge in [-0.1, -0.05) is 6.42 Å². The molecule has 0 aromatic rings. The first-order valence-corrected chi connectivity index (χ1v) is 8.54. The van der Waals surface area contributed by atoms with Gasteiger partial charge in [0.05, 0.1) is 5.54 Å². The SMILES string of the molecule is CC(N)(CCCCN1CCC(N2CCCCC2)C1)C(N)=O. The average Bonchev–Trinajstić information content (AvgIpc) is 2.93. The Morgan fingerprint density at radius 3 is 2.57 bits per heavy atom. The lowest BCUT2D eigenvalue weighted by atomic mass is 9.95. The number of amides is 1. The van der Waals surface area contributed by atoms with E-state index in [1.807, 2.05) is 0 Å². The van der Waals surface area contributed by atoms with Gasteiger partial charge in [0.2, 0.25) is 5.91 Å². The largest absolute Gasteiger partial charge is 0.368 e. The van der Waals surface area contributed by atoms with Gasteiger partial charge < -0.3 is 16.4 Å². The van der Waals surface area contributed by atoms with Crippen molar-refractivity contribution in [2.45, 2.75) is 63.5 Å². The predicted octanol–water partition coefficient (Wildman–Crippen LogP) is 0.920. The maximum absolute atomic E-state index is 11.2. The number of carbonyl (C=O) groups is 1. The molecule has 0 bridgehead atoms. The summed E-state index contributed by atoms with van der Waals surface area (Å²) in [5, 5.41) is 0. The molecule has 0 saturated carbocycles. The lowest BCUT2D eigenvalue weighted by Gasteiger charge is -2.32. The monoisotopic (exact) mass is 296 g/mol. The van der Waals surface area contributed by atoms with Crippen molar-refractivity contribution in [2.24, 2.45) is 11.5 Å². The molecule has 2 aliphatic heterocycles. The summed E-state index contributed by atoms with van der Waals surface area (Å²) in [7, 11) is 0. The number of nitrogens with zero attached hydrogens (tertiary/aromatic N) is 2. The van der Waals surface area contributed by atoms with Crippen LogP contribution in [0.2, 0.25) is 0 Å². The van der Waals surface area contributed by atoms with Crippen molar-refractivity contribution in [3.05, 3.63) is 0 Å². The summed E-state index contributed by atoms with van der Waals surface area (Å²) in [6.07, 6.45) is 8.23. The molecule has 2 unspecified atom stereocenters. The number of primary amides is 1. The third kappa shape index (κ3) is 4.94. The number of carbonyl (C=O) groups excluding carboxylic acids is 1. The van der Waals surface area contributed by atoms with Crippen molar-refractivity contribution in [3.63, 3.8) is 0 Å². The Morgan fingerprint density at radius 1 is 1.19 bits per heavy atom. The summed E-state index contributed by atoms with van der Waals surface area (Å²) in [6.45, 7) is 7.88. The van der Waals surface area contributed by atoms with Gasteiger partial charge in [0, 0.05) is 12.6 Å². The molecule has 2 rings (SSSR count). The molecule has 5 heteroatoms. The average molecular weight is 296 g/mol. The minimum atomic E-state index is -0.846. The number of unbranched alkanes of at least 4 members (excludes halogenated alkanes) is 1. The number of rotatable bonds is 7. The molecule has 0 aromatic heterocycles. The minimum absolute atomic E-state index is 0.395. The Hall–Kier alpha value is -0.650. The molecule has 0 radical (unpaired) electrons. The van der Waals surface area contributed by atoms with E-state index in [1.165, 1.54) is 51.9 Å². The highest BCUT2D eigenvalue weighted by molar-refractivity contribution is 5.83. The number of piperidine rings is 1. The van der Waals surface area contributed by atoms with Crippen LogP contribution < -0.4 is 11.5 Å². The molecule has 21 heavy (non-hydrogen) atoms. The van der Waals surface area contributed by atoms with E-state index in [0.717, 1.165) is 25.4 Å². The molecule has 4 N–H and O–H groups in total. The van der Waals surface area contributed by atoms with Crippen molar-refractivity contribution in [1.82, 2.24) is 9.80 Å². The first-order chi connectivity index (χ1) is 9.99. The lowest BCUT2D eigenvalue weighted by molar-refractivity contribution is -0.122. The molecule has 2 atom stereocenters. The number of nitrogens with two attached hydrogens (primary N) is 2. The van der Waals surface area contributed by atoms with Crippen LogP contribution in [-0.4, -0.2) is 60.0 Å². The van der Waals surface area contributed by atoms with Crippen molar-refractivity contribution in [1.29, 1.82) is 0 Å². The lowest BCUT2D eigenvalue weighted by Crippen LogP contribution is -2.49. The van der Waals surface area contributed by atoms with Crippen LogP contribution in [0.3, 0.4) is 0 Å². The zero-order chi connectivity index (χ0) is 15.3. The van der Waals surface area contributed by atoms with Crippen molar-refractivity contribution >= 4 is 5.91 Å². The Labute approximate surface area is 129 Å².